The Kier molecular flexibility index (Phi) is 3.74. The molecule has 2 aromatic carbocycles. The Hall–Kier alpha value is -2.36. The predicted molar refractivity (Wildman–Crippen MR) is 77.5 cm³/mol. The van der Waals surface area contributed by atoms with E-state index in [4.69, 9.17) is 5.11 Å². The van der Waals surface area contributed by atoms with Crippen molar-refractivity contribution in [2.75, 3.05) is 0 Å². The van der Waals surface area contributed by atoms with Crippen LogP contribution < -0.4 is 5.32 Å². The molecule has 0 atom stereocenters. The molecule has 2 N–H and O–H groups in total. The van der Waals surface area contributed by atoms with E-state index in [0.29, 0.717) is 0 Å². The van der Waals surface area contributed by atoms with Gasteiger partial charge in [0.2, 0.25) is 5.91 Å². The molecular weight excluding hydrogens is 254 g/mol. The molecule has 20 heavy (non-hydrogen) atoms. The van der Waals surface area contributed by atoms with E-state index in [-0.39, 0.29) is 12.3 Å². The summed E-state index contributed by atoms with van der Waals surface area (Å²) < 4.78 is 0. The molecular formula is C16H17NO3. The lowest BCUT2D eigenvalue weighted by molar-refractivity contribution is -0.145. The van der Waals surface area contributed by atoms with Gasteiger partial charge in [0.05, 0.1) is 6.42 Å². The summed E-state index contributed by atoms with van der Waals surface area (Å²) in [5, 5.41) is 13.6. The first-order valence-electron chi connectivity index (χ1n) is 6.41. The van der Waals surface area contributed by atoms with E-state index in [1.165, 1.54) is 13.8 Å². The Morgan fingerprint density at radius 1 is 1.10 bits per heavy atom. The van der Waals surface area contributed by atoms with Crippen LogP contribution in [-0.2, 0) is 16.0 Å². The smallest absolute Gasteiger partial charge is 0.328 e. The third-order valence-corrected chi connectivity index (χ3v) is 3.22. The molecule has 0 aromatic heterocycles. The van der Waals surface area contributed by atoms with Crippen molar-refractivity contribution >= 4 is 22.6 Å². The highest BCUT2D eigenvalue weighted by molar-refractivity contribution is 5.92. The van der Waals surface area contributed by atoms with Crippen molar-refractivity contribution < 1.29 is 14.7 Å². The number of carboxylic acid groups (broad SMARTS) is 1. The third kappa shape index (κ3) is 2.96. The third-order valence-electron chi connectivity index (χ3n) is 3.22. The zero-order chi connectivity index (χ0) is 14.8. The normalized spacial score (nSPS) is 11.3. The van der Waals surface area contributed by atoms with E-state index >= 15 is 0 Å². The van der Waals surface area contributed by atoms with Crippen LogP contribution in [0.3, 0.4) is 0 Å². The molecule has 0 spiro atoms. The van der Waals surface area contributed by atoms with Gasteiger partial charge < -0.3 is 10.4 Å². The monoisotopic (exact) mass is 271 g/mol. The van der Waals surface area contributed by atoms with Gasteiger partial charge in [0.25, 0.3) is 0 Å². The minimum absolute atomic E-state index is 0.165. The maximum atomic E-state index is 12.0. The van der Waals surface area contributed by atoms with Crippen LogP contribution in [0.1, 0.15) is 19.4 Å². The predicted octanol–water partition coefficient (Wildman–Crippen LogP) is 2.36. The number of rotatable bonds is 4. The van der Waals surface area contributed by atoms with Crippen molar-refractivity contribution in [2.24, 2.45) is 0 Å². The van der Waals surface area contributed by atoms with E-state index < -0.39 is 11.5 Å². The molecule has 0 radical (unpaired) electrons. The summed E-state index contributed by atoms with van der Waals surface area (Å²) in [7, 11) is 0. The van der Waals surface area contributed by atoms with Crippen molar-refractivity contribution in [3.8, 4) is 0 Å². The van der Waals surface area contributed by atoms with E-state index in [1.807, 2.05) is 42.5 Å². The molecule has 0 bridgehead atoms. The highest BCUT2D eigenvalue weighted by Crippen LogP contribution is 2.19. The van der Waals surface area contributed by atoms with Crippen LogP contribution in [0.2, 0.25) is 0 Å². The summed E-state index contributed by atoms with van der Waals surface area (Å²) in [5.74, 6) is -1.35. The largest absolute Gasteiger partial charge is 0.480 e. The van der Waals surface area contributed by atoms with Gasteiger partial charge >= 0.3 is 5.97 Å². The van der Waals surface area contributed by atoms with Crippen LogP contribution >= 0.6 is 0 Å². The second kappa shape index (κ2) is 5.33. The number of fused-ring (bicyclic) bond motifs is 1. The van der Waals surface area contributed by atoms with Crippen molar-refractivity contribution in [1.29, 1.82) is 0 Å². The number of amides is 1. The fourth-order valence-electron chi connectivity index (χ4n) is 2.07. The Bertz CT molecular complexity index is 656. The van der Waals surface area contributed by atoms with Crippen molar-refractivity contribution in [2.45, 2.75) is 25.8 Å². The lowest BCUT2D eigenvalue weighted by Crippen LogP contribution is -2.50. The SMILES string of the molecule is CC(C)(NC(=O)Cc1cccc2ccccc12)C(=O)O. The van der Waals surface area contributed by atoms with Gasteiger partial charge in [0.15, 0.2) is 0 Å². The molecule has 0 aliphatic rings. The van der Waals surface area contributed by atoms with E-state index in [1.54, 1.807) is 0 Å². The Morgan fingerprint density at radius 2 is 1.75 bits per heavy atom. The molecule has 0 aliphatic carbocycles. The average Bonchev–Trinajstić information content (AvgIpc) is 2.38. The first kappa shape index (κ1) is 14.1. The molecule has 1 amide bonds. The minimum Gasteiger partial charge on any atom is -0.480 e. The molecule has 4 heteroatoms. The molecule has 0 saturated carbocycles. The van der Waals surface area contributed by atoms with Crippen LogP contribution in [0.4, 0.5) is 0 Å². The first-order chi connectivity index (χ1) is 9.40. The second-order valence-electron chi connectivity index (χ2n) is 5.29. The quantitative estimate of drug-likeness (QED) is 0.897. The average molecular weight is 271 g/mol. The maximum Gasteiger partial charge on any atom is 0.328 e. The van der Waals surface area contributed by atoms with Gasteiger partial charge in [-0.15, -0.1) is 0 Å². The van der Waals surface area contributed by atoms with Crippen molar-refractivity contribution in [3.05, 3.63) is 48.0 Å². The Labute approximate surface area is 117 Å². The molecule has 104 valence electrons. The zero-order valence-electron chi connectivity index (χ0n) is 11.5. The summed E-state index contributed by atoms with van der Waals surface area (Å²) in [6, 6.07) is 13.6. The topological polar surface area (TPSA) is 66.4 Å². The van der Waals surface area contributed by atoms with Gasteiger partial charge in [0, 0.05) is 0 Å². The summed E-state index contributed by atoms with van der Waals surface area (Å²) in [6.45, 7) is 2.94. The van der Waals surface area contributed by atoms with Crippen LogP contribution in [0.5, 0.6) is 0 Å². The molecule has 4 nitrogen and oxygen atoms in total. The van der Waals surface area contributed by atoms with E-state index in [2.05, 4.69) is 5.32 Å². The summed E-state index contributed by atoms with van der Waals surface area (Å²) in [5.41, 5.74) is -0.372. The number of carbonyl (C=O) groups is 2. The fraction of sp³-hybridized carbons (Fsp3) is 0.250. The summed E-state index contributed by atoms with van der Waals surface area (Å²) in [6.07, 6.45) is 0.165. The van der Waals surface area contributed by atoms with Crippen molar-refractivity contribution in [1.82, 2.24) is 5.32 Å². The maximum absolute atomic E-state index is 12.0. The highest BCUT2D eigenvalue weighted by Gasteiger charge is 2.28. The van der Waals surface area contributed by atoms with E-state index in [9.17, 15) is 9.59 Å². The highest BCUT2D eigenvalue weighted by atomic mass is 16.4. The van der Waals surface area contributed by atoms with Crippen LogP contribution in [-0.4, -0.2) is 22.5 Å². The van der Waals surface area contributed by atoms with Gasteiger partial charge in [-0.05, 0) is 30.2 Å². The summed E-state index contributed by atoms with van der Waals surface area (Å²) >= 11 is 0. The number of hydrogen-bond donors (Lipinski definition) is 2. The number of aliphatic carboxylic acids is 1. The molecule has 0 fully saturated rings. The Morgan fingerprint density at radius 3 is 2.45 bits per heavy atom. The van der Waals surface area contributed by atoms with Gasteiger partial charge in [0.1, 0.15) is 5.54 Å². The van der Waals surface area contributed by atoms with Crippen LogP contribution in [0, 0.1) is 0 Å². The minimum atomic E-state index is -1.26. The summed E-state index contributed by atoms with van der Waals surface area (Å²) in [4.78, 5) is 23.0. The molecule has 0 unspecified atom stereocenters. The lowest BCUT2D eigenvalue weighted by Gasteiger charge is -2.21. The van der Waals surface area contributed by atoms with E-state index in [0.717, 1.165) is 16.3 Å². The second-order valence-corrected chi connectivity index (χ2v) is 5.29. The first-order valence-corrected chi connectivity index (χ1v) is 6.41. The molecule has 0 saturated heterocycles. The Balaban J connectivity index is 2.21. The molecule has 2 aromatic rings. The fourth-order valence-corrected chi connectivity index (χ4v) is 2.07. The van der Waals surface area contributed by atoms with Gasteiger partial charge in [-0.1, -0.05) is 42.5 Å². The zero-order valence-corrected chi connectivity index (χ0v) is 11.5. The number of nitrogens with one attached hydrogen (secondary N) is 1. The standard InChI is InChI=1S/C16H17NO3/c1-16(2,15(19)20)17-14(18)10-12-8-5-7-11-6-3-4-9-13(11)12/h3-9H,10H2,1-2H3,(H,17,18)(H,19,20). The van der Waals surface area contributed by atoms with Gasteiger partial charge in [-0.2, -0.15) is 0 Å². The van der Waals surface area contributed by atoms with Crippen LogP contribution in [0.15, 0.2) is 42.5 Å². The van der Waals surface area contributed by atoms with Gasteiger partial charge in [-0.25, -0.2) is 4.79 Å². The molecule has 0 heterocycles. The number of carboxylic acids is 1. The van der Waals surface area contributed by atoms with Crippen molar-refractivity contribution in [3.63, 3.8) is 0 Å². The lowest BCUT2D eigenvalue weighted by atomic mass is 10.0. The van der Waals surface area contributed by atoms with Gasteiger partial charge in [-0.3, -0.25) is 4.79 Å². The number of benzene rings is 2. The number of hydrogen-bond acceptors (Lipinski definition) is 2. The molecule has 2 rings (SSSR count). The molecule has 0 aliphatic heterocycles. The number of carbonyl (C=O) groups excluding carboxylic acids is 1. The van der Waals surface area contributed by atoms with Crippen LogP contribution in [0.25, 0.3) is 10.8 Å².